The van der Waals surface area contributed by atoms with E-state index in [-0.39, 0.29) is 12.1 Å². The highest BCUT2D eigenvalue weighted by Crippen LogP contribution is 2.31. The smallest absolute Gasteiger partial charge is 0.141 e. The summed E-state index contributed by atoms with van der Waals surface area (Å²) in [5.74, 6) is 0. The van der Waals surface area contributed by atoms with Gasteiger partial charge in [-0.3, -0.25) is 0 Å². The Morgan fingerprint density at radius 3 is 3.19 bits per heavy atom. The third kappa shape index (κ3) is 2.47. The zero-order valence-corrected chi connectivity index (χ0v) is 11.6. The van der Waals surface area contributed by atoms with Crippen LogP contribution in [0.3, 0.4) is 0 Å². The lowest BCUT2D eigenvalue weighted by molar-refractivity contribution is -0.111. The summed E-state index contributed by atoms with van der Waals surface area (Å²) in [5.41, 5.74) is 0. The molecule has 88 valence electrons. The Labute approximate surface area is 109 Å². The molecular weight excluding hydrogens is 314 g/mol. The number of carbonyl (C=O) groups is 1. The van der Waals surface area contributed by atoms with Gasteiger partial charge < -0.3 is 9.35 Å². The van der Waals surface area contributed by atoms with Crippen LogP contribution in [0.25, 0.3) is 0 Å². The molecule has 1 aliphatic heterocycles. The van der Waals surface area contributed by atoms with Gasteiger partial charge in [0.05, 0.1) is 9.98 Å². The number of aromatic nitrogens is 1. The van der Waals surface area contributed by atoms with Crippen LogP contribution < -0.4 is 4.72 Å². The van der Waals surface area contributed by atoms with E-state index in [1.807, 2.05) is 0 Å². The second-order valence-corrected chi connectivity index (χ2v) is 7.16. The van der Waals surface area contributed by atoms with Crippen molar-refractivity contribution in [3.8, 4) is 0 Å². The lowest BCUT2D eigenvalue weighted by Crippen LogP contribution is -2.52. The molecule has 2 rings (SSSR count). The minimum atomic E-state index is -1.33. The lowest BCUT2D eigenvalue weighted by atomic mass is 10.1. The molecule has 0 saturated carbocycles. The number of hydrogen-bond acceptors (Lipinski definition) is 6. The van der Waals surface area contributed by atoms with E-state index < -0.39 is 11.5 Å². The van der Waals surface area contributed by atoms with Gasteiger partial charge in [0.25, 0.3) is 0 Å². The Balaban J connectivity index is 2.15. The molecule has 8 heteroatoms. The summed E-state index contributed by atoms with van der Waals surface area (Å²) >= 11 is 3.48. The third-order valence-electron chi connectivity index (χ3n) is 2.40. The van der Waals surface area contributed by atoms with Crippen molar-refractivity contribution in [3.63, 3.8) is 0 Å². The van der Waals surface area contributed by atoms with Crippen molar-refractivity contribution in [3.05, 3.63) is 15.0 Å². The molecule has 1 aromatic rings. The summed E-state index contributed by atoms with van der Waals surface area (Å²) in [5, 5.41) is 0.847. The van der Waals surface area contributed by atoms with E-state index in [4.69, 9.17) is 0 Å². The lowest BCUT2D eigenvalue weighted by Gasteiger charge is -2.33. The summed E-state index contributed by atoms with van der Waals surface area (Å²) < 4.78 is 17.1. The van der Waals surface area contributed by atoms with Crippen molar-refractivity contribution in [2.45, 2.75) is 18.5 Å². The number of aldehydes is 1. The van der Waals surface area contributed by atoms with Gasteiger partial charge in [-0.05, 0) is 15.9 Å². The highest BCUT2D eigenvalue weighted by atomic mass is 79.9. The van der Waals surface area contributed by atoms with E-state index in [1.165, 1.54) is 15.6 Å². The average molecular weight is 324 g/mol. The molecular formula is C8H10BrN3O2S2. The van der Waals surface area contributed by atoms with E-state index >= 15 is 0 Å². The molecule has 1 saturated heterocycles. The maximum atomic E-state index is 11.7. The number of hydrogen-bond donors (Lipinski definition) is 1. The minimum Gasteiger partial charge on any atom is -0.579 e. The summed E-state index contributed by atoms with van der Waals surface area (Å²) in [7, 11) is 1.66. The molecule has 0 spiro atoms. The predicted octanol–water partition coefficient (Wildman–Crippen LogP) is 1.02. The molecule has 0 aliphatic carbocycles. The highest BCUT2D eigenvalue weighted by molar-refractivity contribution is 9.11. The van der Waals surface area contributed by atoms with Crippen LogP contribution in [0, 0.1) is 0 Å². The number of thiazole rings is 1. The first-order chi connectivity index (χ1) is 7.61. The zero-order valence-electron chi connectivity index (χ0n) is 8.42. The van der Waals surface area contributed by atoms with Crippen molar-refractivity contribution in [2.75, 3.05) is 7.05 Å². The third-order valence-corrected chi connectivity index (χ3v) is 5.27. The number of likely N-dealkylation sites (N-methyl/N-ethyl adjacent to an activating group) is 1. The predicted molar refractivity (Wildman–Crippen MR) is 66.1 cm³/mol. The van der Waals surface area contributed by atoms with Crippen molar-refractivity contribution in [1.29, 1.82) is 0 Å². The van der Waals surface area contributed by atoms with Crippen molar-refractivity contribution < 1.29 is 9.35 Å². The summed E-state index contributed by atoms with van der Waals surface area (Å²) in [6.45, 7) is 0. The molecule has 0 bridgehead atoms. The van der Waals surface area contributed by atoms with E-state index in [1.54, 1.807) is 13.2 Å². The van der Waals surface area contributed by atoms with Gasteiger partial charge in [-0.15, -0.1) is 20.4 Å². The largest absolute Gasteiger partial charge is 0.579 e. The van der Waals surface area contributed by atoms with Crippen LogP contribution in [-0.4, -0.2) is 33.2 Å². The highest BCUT2D eigenvalue weighted by Gasteiger charge is 2.37. The van der Waals surface area contributed by atoms with Gasteiger partial charge >= 0.3 is 0 Å². The summed E-state index contributed by atoms with van der Waals surface area (Å²) in [4.78, 5) is 15.1. The monoisotopic (exact) mass is 323 g/mol. The van der Waals surface area contributed by atoms with Crippen LogP contribution in [0.15, 0.2) is 9.98 Å². The molecule has 1 N–H and O–H groups in total. The van der Waals surface area contributed by atoms with Gasteiger partial charge in [-0.25, -0.2) is 4.98 Å². The van der Waals surface area contributed by atoms with Gasteiger partial charge in [0.2, 0.25) is 0 Å². The Hall–Kier alpha value is 0.01000. The van der Waals surface area contributed by atoms with Crippen LogP contribution in [-0.2, 0) is 16.3 Å². The fourth-order valence-corrected chi connectivity index (χ4v) is 3.87. The van der Waals surface area contributed by atoms with Crippen LogP contribution >= 0.6 is 27.3 Å². The standard InChI is InChI=1S/C8H10BrN3O2S2/c1-12-5(4-13)2-6(11-16(12)14)8-10-3-7(9)15-8/h3-6,11H,2H2,1H3. The van der Waals surface area contributed by atoms with Gasteiger partial charge in [0, 0.05) is 13.5 Å². The molecule has 1 aromatic heterocycles. The first-order valence-corrected chi connectivity index (χ1v) is 7.31. The number of halogens is 1. The Morgan fingerprint density at radius 2 is 2.62 bits per heavy atom. The Morgan fingerprint density at radius 1 is 1.88 bits per heavy atom. The van der Waals surface area contributed by atoms with Crippen LogP contribution in [0.2, 0.25) is 0 Å². The van der Waals surface area contributed by atoms with Crippen molar-refractivity contribution >= 4 is 45.1 Å². The minimum absolute atomic E-state index is 0.122. The number of nitrogens with one attached hydrogen (secondary N) is 1. The molecule has 16 heavy (non-hydrogen) atoms. The van der Waals surface area contributed by atoms with E-state index in [0.29, 0.717) is 6.42 Å². The summed E-state index contributed by atoms with van der Waals surface area (Å²) in [6.07, 6.45) is 3.12. The molecule has 1 aliphatic rings. The number of carbonyl (C=O) groups excluding carboxylic acids is 1. The maximum Gasteiger partial charge on any atom is 0.141 e. The molecule has 1 fully saturated rings. The Bertz CT molecular complexity index is 389. The SMILES string of the molecule is CN1C(C=O)CC(c2ncc(Br)s2)N[S+]1[O-]. The fourth-order valence-electron chi connectivity index (χ4n) is 1.49. The molecule has 2 heterocycles. The first kappa shape index (κ1) is 12.5. The van der Waals surface area contributed by atoms with Gasteiger partial charge in [-0.1, -0.05) is 0 Å². The fraction of sp³-hybridized carbons (Fsp3) is 0.500. The van der Waals surface area contributed by atoms with Crippen LogP contribution in [0.1, 0.15) is 17.5 Å². The van der Waals surface area contributed by atoms with E-state index in [2.05, 4.69) is 25.6 Å². The van der Waals surface area contributed by atoms with E-state index in [9.17, 15) is 9.35 Å². The number of nitrogens with zero attached hydrogens (tertiary/aromatic N) is 2. The van der Waals surface area contributed by atoms with Crippen LogP contribution in [0.5, 0.6) is 0 Å². The van der Waals surface area contributed by atoms with Gasteiger partial charge in [-0.2, -0.15) is 0 Å². The molecule has 3 unspecified atom stereocenters. The molecule has 0 aromatic carbocycles. The second kappa shape index (κ2) is 5.11. The quantitative estimate of drug-likeness (QED) is 0.650. The average Bonchev–Trinajstić information content (AvgIpc) is 2.69. The van der Waals surface area contributed by atoms with Gasteiger partial charge in [0.1, 0.15) is 34.9 Å². The zero-order chi connectivity index (χ0) is 11.7. The van der Waals surface area contributed by atoms with Gasteiger partial charge in [0.15, 0.2) is 0 Å². The molecule has 5 nitrogen and oxygen atoms in total. The van der Waals surface area contributed by atoms with Crippen LogP contribution in [0.4, 0.5) is 0 Å². The molecule has 3 atom stereocenters. The maximum absolute atomic E-state index is 11.7. The second-order valence-electron chi connectivity index (χ2n) is 3.41. The molecule has 0 radical (unpaired) electrons. The Kier molecular flexibility index (Phi) is 3.98. The van der Waals surface area contributed by atoms with Crippen molar-refractivity contribution in [2.24, 2.45) is 0 Å². The first-order valence-electron chi connectivity index (χ1n) is 4.59. The summed E-state index contributed by atoms with van der Waals surface area (Å²) in [6, 6.07) is -0.446. The van der Waals surface area contributed by atoms with Crippen molar-refractivity contribution in [1.82, 2.24) is 14.0 Å². The normalized spacial score (nSPS) is 31.6. The number of rotatable bonds is 2. The molecule has 0 amide bonds. The topological polar surface area (TPSA) is 68.3 Å². The van der Waals surface area contributed by atoms with E-state index in [0.717, 1.165) is 15.1 Å².